The number of hydrogen-bond donors (Lipinski definition) is 2. The molecule has 1 amide bonds. The summed E-state index contributed by atoms with van der Waals surface area (Å²) < 4.78 is 6.16. The Kier molecular flexibility index (Phi) is 5.17. The van der Waals surface area contributed by atoms with Crippen LogP contribution in [0.1, 0.15) is 22.8 Å². The van der Waals surface area contributed by atoms with Gasteiger partial charge in [0.25, 0.3) is 5.91 Å². The minimum Gasteiger partial charge on any atom is -0.478 e. The second-order valence-electron chi connectivity index (χ2n) is 4.97. The molecule has 2 N–H and O–H groups in total. The first kappa shape index (κ1) is 16.5. The first-order chi connectivity index (χ1) is 11.7. The number of hydrogen-bond acceptors (Lipinski definition) is 4. The zero-order valence-electron chi connectivity index (χ0n) is 13.0. The van der Waals surface area contributed by atoms with E-state index in [1.807, 2.05) is 31.2 Å². The highest BCUT2D eigenvalue weighted by atomic mass is 35.5. The maximum atomic E-state index is 12.5. The molecular formula is C17H16ClN3O2S. The van der Waals surface area contributed by atoms with Gasteiger partial charge < -0.3 is 15.0 Å². The summed E-state index contributed by atoms with van der Waals surface area (Å²) in [7, 11) is 0. The van der Waals surface area contributed by atoms with Gasteiger partial charge in [-0.3, -0.25) is 4.79 Å². The Morgan fingerprint density at radius 2 is 2.25 bits per heavy atom. The van der Waals surface area contributed by atoms with Gasteiger partial charge in [0.1, 0.15) is 0 Å². The highest BCUT2D eigenvalue weighted by molar-refractivity contribution is 7.19. The van der Waals surface area contributed by atoms with Crippen molar-refractivity contribution in [3.63, 3.8) is 0 Å². The third-order valence-electron chi connectivity index (χ3n) is 3.40. The molecule has 0 radical (unpaired) electrons. The number of ether oxygens (including phenoxy) is 1. The van der Waals surface area contributed by atoms with E-state index >= 15 is 0 Å². The van der Waals surface area contributed by atoms with E-state index in [2.05, 4.69) is 15.3 Å². The zero-order valence-corrected chi connectivity index (χ0v) is 14.6. The summed E-state index contributed by atoms with van der Waals surface area (Å²) in [5.41, 5.74) is 2.25. The van der Waals surface area contributed by atoms with Crippen LogP contribution in [0.5, 0.6) is 5.88 Å². The van der Waals surface area contributed by atoms with Gasteiger partial charge in [0, 0.05) is 41.1 Å². The standard InChI is InChI=1S/C17H16ClN3O2S/c1-2-23-17-11(4-3-7-20-17)8-21-16(22)13-10-19-9-12(13)14-5-6-15(18)24-14/h3-7,9-10,19H,2,8H2,1H3,(H,21,22). The molecule has 0 spiro atoms. The fraction of sp³-hybridized carbons (Fsp3) is 0.176. The molecule has 0 saturated carbocycles. The molecule has 0 aliphatic heterocycles. The van der Waals surface area contributed by atoms with Gasteiger partial charge in [0.15, 0.2) is 0 Å². The normalized spacial score (nSPS) is 10.6. The van der Waals surface area contributed by atoms with Crippen LogP contribution in [0.4, 0.5) is 0 Å². The number of aromatic amines is 1. The van der Waals surface area contributed by atoms with Crippen molar-refractivity contribution >= 4 is 28.8 Å². The number of thiophene rings is 1. The highest BCUT2D eigenvalue weighted by Gasteiger charge is 2.16. The van der Waals surface area contributed by atoms with Gasteiger partial charge in [-0.05, 0) is 25.1 Å². The van der Waals surface area contributed by atoms with Gasteiger partial charge >= 0.3 is 0 Å². The molecule has 3 heterocycles. The van der Waals surface area contributed by atoms with Crippen molar-refractivity contribution in [2.45, 2.75) is 13.5 Å². The van der Waals surface area contributed by atoms with Crippen LogP contribution in [0.3, 0.4) is 0 Å². The van der Waals surface area contributed by atoms with Crippen LogP contribution in [-0.2, 0) is 6.54 Å². The number of nitrogens with zero attached hydrogens (tertiary/aromatic N) is 1. The molecule has 24 heavy (non-hydrogen) atoms. The first-order valence-electron chi connectivity index (χ1n) is 7.46. The van der Waals surface area contributed by atoms with E-state index in [0.717, 1.165) is 16.0 Å². The highest BCUT2D eigenvalue weighted by Crippen LogP contribution is 2.33. The predicted octanol–water partition coefficient (Wildman–Crippen LogP) is 4.12. The average molecular weight is 362 g/mol. The zero-order chi connectivity index (χ0) is 16.9. The molecule has 0 aliphatic rings. The third kappa shape index (κ3) is 3.60. The summed E-state index contributed by atoms with van der Waals surface area (Å²) in [4.78, 5) is 20.6. The average Bonchev–Trinajstić information content (AvgIpc) is 3.22. The molecule has 0 saturated heterocycles. The summed E-state index contributed by atoms with van der Waals surface area (Å²) in [6.07, 6.45) is 5.15. The van der Waals surface area contributed by atoms with Crippen molar-refractivity contribution in [3.8, 4) is 16.3 Å². The van der Waals surface area contributed by atoms with Gasteiger partial charge in [-0.25, -0.2) is 4.98 Å². The summed E-state index contributed by atoms with van der Waals surface area (Å²) in [5, 5.41) is 2.91. The number of aromatic nitrogens is 2. The van der Waals surface area contributed by atoms with Crippen molar-refractivity contribution in [1.29, 1.82) is 0 Å². The molecule has 0 fully saturated rings. The van der Waals surface area contributed by atoms with Gasteiger partial charge in [0.05, 0.1) is 16.5 Å². The lowest BCUT2D eigenvalue weighted by Crippen LogP contribution is -2.23. The molecule has 3 rings (SSSR count). The molecule has 0 atom stereocenters. The van der Waals surface area contributed by atoms with Crippen LogP contribution in [0, 0.1) is 0 Å². The second kappa shape index (κ2) is 7.51. The molecule has 3 aromatic rings. The van der Waals surface area contributed by atoms with E-state index in [4.69, 9.17) is 16.3 Å². The first-order valence-corrected chi connectivity index (χ1v) is 8.66. The molecule has 5 nitrogen and oxygen atoms in total. The smallest absolute Gasteiger partial charge is 0.253 e. The van der Waals surface area contributed by atoms with E-state index in [-0.39, 0.29) is 5.91 Å². The SMILES string of the molecule is CCOc1ncccc1CNC(=O)c1c[nH]cc1-c1ccc(Cl)s1. The third-order valence-corrected chi connectivity index (χ3v) is 4.66. The molecule has 0 bridgehead atoms. The van der Waals surface area contributed by atoms with Gasteiger partial charge in [-0.15, -0.1) is 11.3 Å². The van der Waals surface area contributed by atoms with Gasteiger partial charge in [-0.1, -0.05) is 17.7 Å². The molecular weight excluding hydrogens is 346 g/mol. The van der Waals surface area contributed by atoms with E-state index < -0.39 is 0 Å². The van der Waals surface area contributed by atoms with Crippen LogP contribution >= 0.6 is 22.9 Å². The minimum absolute atomic E-state index is 0.165. The van der Waals surface area contributed by atoms with Crippen molar-refractivity contribution in [3.05, 3.63) is 58.3 Å². The number of carbonyl (C=O) groups excluding carboxylic acids is 1. The number of halogens is 1. The lowest BCUT2D eigenvalue weighted by atomic mass is 10.1. The lowest BCUT2D eigenvalue weighted by molar-refractivity contribution is 0.0951. The second-order valence-corrected chi connectivity index (χ2v) is 6.68. The Labute approximate surface area is 148 Å². The van der Waals surface area contributed by atoms with Crippen LogP contribution in [0.2, 0.25) is 4.34 Å². The van der Waals surface area contributed by atoms with E-state index in [1.165, 1.54) is 11.3 Å². The van der Waals surface area contributed by atoms with Crippen LogP contribution in [0.25, 0.3) is 10.4 Å². The fourth-order valence-electron chi connectivity index (χ4n) is 2.31. The largest absolute Gasteiger partial charge is 0.478 e. The van der Waals surface area contributed by atoms with Crippen molar-refractivity contribution in [2.24, 2.45) is 0 Å². The number of pyridine rings is 1. The molecule has 3 aromatic heterocycles. The van der Waals surface area contributed by atoms with Crippen LogP contribution < -0.4 is 10.1 Å². The molecule has 0 aromatic carbocycles. The predicted molar refractivity (Wildman–Crippen MR) is 95.7 cm³/mol. The Morgan fingerprint density at radius 3 is 3.00 bits per heavy atom. The van der Waals surface area contributed by atoms with Crippen LogP contribution in [0.15, 0.2) is 42.9 Å². The molecule has 7 heteroatoms. The Balaban J connectivity index is 1.74. The maximum Gasteiger partial charge on any atom is 0.253 e. The minimum atomic E-state index is -0.165. The quantitative estimate of drug-likeness (QED) is 0.694. The number of H-pyrrole nitrogens is 1. The molecule has 124 valence electrons. The Bertz CT molecular complexity index is 844. The summed E-state index contributed by atoms with van der Waals surface area (Å²) in [5.74, 6) is 0.377. The van der Waals surface area contributed by atoms with Crippen LogP contribution in [-0.4, -0.2) is 22.5 Å². The molecule has 0 aliphatic carbocycles. The fourth-order valence-corrected chi connectivity index (χ4v) is 3.38. The topological polar surface area (TPSA) is 67.0 Å². The molecule has 0 unspecified atom stereocenters. The summed E-state index contributed by atoms with van der Waals surface area (Å²) in [6.45, 7) is 2.77. The Hall–Kier alpha value is -2.31. The van der Waals surface area contributed by atoms with Crippen molar-refractivity contribution in [1.82, 2.24) is 15.3 Å². The summed E-state index contributed by atoms with van der Waals surface area (Å²) >= 11 is 7.42. The summed E-state index contributed by atoms with van der Waals surface area (Å²) in [6, 6.07) is 7.43. The lowest BCUT2D eigenvalue weighted by Gasteiger charge is -2.10. The van der Waals surface area contributed by atoms with Gasteiger partial charge in [0.2, 0.25) is 5.88 Å². The van der Waals surface area contributed by atoms with E-state index in [9.17, 15) is 4.79 Å². The number of nitrogens with one attached hydrogen (secondary N) is 2. The number of carbonyl (C=O) groups is 1. The number of rotatable bonds is 6. The van der Waals surface area contributed by atoms with E-state index in [0.29, 0.717) is 28.9 Å². The number of amides is 1. The van der Waals surface area contributed by atoms with E-state index in [1.54, 1.807) is 18.6 Å². The maximum absolute atomic E-state index is 12.5. The van der Waals surface area contributed by atoms with Crippen molar-refractivity contribution in [2.75, 3.05) is 6.61 Å². The Morgan fingerprint density at radius 1 is 1.38 bits per heavy atom. The van der Waals surface area contributed by atoms with Gasteiger partial charge in [-0.2, -0.15) is 0 Å². The van der Waals surface area contributed by atoms with Crippen molar-refractivity contribution < 1.29 is 9.53 Å². The monoisotopic (exact) mass is 361 g/mol.